The molecular weight excluding hydrogens is 253 g/mol. The van der Waals surface area contributed by atoms with Crippen LogP contribution in [-0.2, 0) is 0 Å². The van der Waals surface area contributed by atoms with Gasteiger partial charge in [-0.1, -0.05) is 26.3 Å². The topological polar surface area (TPSA) is 12.5 Å². The van der Waals surface area contributed by atoms with E-state index in [1.54, 1.807) is 12.1 Å². The molecule has 0 aliphatic carbocycles. The quantitative estimate of drug-likeness (QED) is 0.723. The Morgan fingerprint density at radius 1 is 1.20 bits per heavy atom. The smallest absolute Gasteiger partial charge is 0.165 e. The SMILES string of the molecule is CC(C)c1ccc(OCCCN2CCCCC2)c(F)c1. The molecule has 0 radical (unpaired) electrons. The van der Waals surface area contributed by atoms with Crippen molar-refractivity contribution >= 4 is 0 Å². The third-order valence-electron chi connectivity index (χ3n) is 3.95. The molecule has 1 heterocycles. The number of hydrogen-bond acceptors (Lipinski definition) is 2. The summed E-state index contributed by atoms with van der Waals surface area (Å²) in [5.41, 5.74) is 1.02. The van der Waals surface area contributed by atoms with Crippen LogP contribution in [0.2, 0.25) is 0 Å². The van der Waals surface area contributed by atoms with Crippen LogP contribution < -0.4 is 4.74 Å². The van der Waals surface area contributed by atoms with Crippen molar-refractivity contribution in [3.63, 3.8) is 0 Å². The summed E-state index contributed by atoms with van der Waals surface area (Å²) in [4.78, 5) is 2.48. The summed E-state index contributed by atoms with van der Waals surface area (Å²) in [5.74, 6) is 0.486. The number of ether oxygens (including phenoxy) is 1. The molecule has 0 atom stereocenters. The highest BCUT2D eigenvalue weighted by Crippen LogP contribution is 2.23. The maximum absolute atomic E-state index is 13.9. The number of piperidine rings is 1. The zero-order valence-corrected chi connectivity index (χ0v) is 12.7. The Labute approximate surface area is 121 Å². The largest absolute Gasteiger partial charge is 0.490 e. The second-order valence-electron chi connectivity index (χ2n) is 5.95. The van der Waals surface area contributed by atoms with E-state index in [1.165, 1.54) is 32.4 Å². The van der Waals surface area contributed by atoms with Crippen molar-refractivity contribution in [2.45, 2.75) is 45.4 Å². The van der Waals surface area contributed by atoms with Gasteiger partial charge in [0.1, 0.15) is 0 Å². The van der Waals surface area contributed by atoms with Gasteiger partial charge < -0.3 is 9.64 Å². The first-order chi connectivity index (χ1) is 9.66. The van der Waals surface area contributed by atoms with E-state index in [0.717, 1.165) is 18.5 Å². The fourth-order valence-corrected chi connectivity index (χ4v) is 2.65. The fraction of sp³-hybridized carbons (Fsp3) is 0.647. The molecule has 0 bridgehead atoms. The number of benzene rings is 1. The van der Waals surface area contributed by atoms with Crippen molar-refractivity contribution in [2.75, 3.05) is 26.2 Å². The van der Waals surface area contributed by atoms with E-state index in [0.29, 0.717) is 18.3 Å². The monoisotopic (exact) mass is 279 g/mol. The fourth-order valence-electron chi connectivity index (χ4n) is 2.65. The Balaban J connectivity index is 1.73. The van der Waals surface area contributed by atoms with Gasteiger partial charge in [-0.05, 0) is 56.0 Å². The zero-order valence-electron chi connectivity index (χ0n) is 12.7. The first kappa shape index (κ1) is 15.3. The minimum absolute atomic E-state index is 0.242. The van der Waals surface area contributed by atoms with Crippen molar-refractivity contribution in [2.24, 2.45) is 0 Å². The summed E-state index contributed by atoms with van der Waals surface area (Å²) >= 11 is 0. The summed E-state index contributed by atoms with van der Waals surface area (Å²) in [7, 11) is 0. The molecule has 1 aromatic rings. The molecule has 0 aromatic heterocycles. The van der Waals surface area contributed by atoms with Crippen LogP contribution in [0.15, 0.2) is 18.2 Å². The first-order valence-corrected chi connectivity index (χ1v) is 7.81. The first-order valence-electron chi connectivity index (χ1n) is 7.81. The van der Waals surface area contributed by atoms with Crippen LogP contribution in [0.25, 0.3) is 0 Å². The lowest BCUT2D eigenvalue weighted by atomic mass is 10.0. The van der Waals surface area contributed by atoms with Crippen molar-refractivity contribution in [1.82, 2.24) is 4.90 Å². The van der Waals surface area contributed by atoms with Gasteiger partial charge >= 0.3 is 0 Å². The van der Waals surface area contributed by atoms with Gasteiger partial charge in [0.25, 0.3) is 0 Å². The van der Waals surface area contributed by atoms with E-state index in [-0.39, 0.29) is 5.82 Å². The molecule has 0 amide bonds. The maximum atomic E-state index is 13.9. The van der Waals surface area contributed by atoms with E-state index in [2.05, 4.69) is 18.7 Å². The van der Waals surface area contributed by atoms with Crippen LogP contribution in [0.1, 0.15) is 51.0 Å². The highest BCUT2D eigenvalue weighted by molar-refractivity contribution is 5.30. The lowest BCUT2D eigenvalue weighted by molar-refractivity contribution is 0.203. The molecule has 1 aliphatic heterocycles. The van der Waals surface area contributed by atoms with E-state index in [9.17, 15) is 4.39 Å². The Hall–Kier alpha value is -1.09. The molecule has 1 aromatic carbocycles. The Morgan fingerprint density at radius 3 is 2.60 bits per heavy atom. The van der Waals surface area contributed by atoms with Gasteiger partial charge in [0.15, 0.2) is 11.6 Å². The molecule has 1 fully saturated rings. The van der Waals surface area contributed by atoms with Crippen molar-refractivity contribution in [3.8, 4) is 5.75 Å². The second-order valence-corrected chi connectivity index (χ2v) is 5.95. The van der Waals surface area contributed by atoms with Crippen LogP contribution in [-0.4, -0.2) is 31.1 Å². The summed E-state index contributed by atoms with van der Waals surface area (Å²) in [6.07, 6.45) is 4.95. The molecule has 1 aliphatic rings. The summed E-state index contributed by atoms with van der Waals surface area (Å²) in [5, 5.41) is 0. The number of halogens is 1. The number of hydrogen-bond donors (Lipinski definition) is 0. The molecular formula is C17H26FNO. The average Bonchev–Trinajstić information content (AvgIpc) is 2.46. The molecule has 20 heavy (non-hydrogen) atoms. The van der Waals surface area contributed by atoms with Gasteiger partial charge in [0.2, 0.25) is 0 Å². The minimum atomic E-state index is -0.242. The lowest BCUT2D eigenvalue weighted by Gasteiger charge is -2.26. The van der Waals surface area contributed by atoms with E-state index < -0.39 is 0 Å². The van der Waals surface area contributed by atoms with Gasteiger partial charge in [0, 0.05) is 6.54 Å². The Kier molecular flexibility index (Phi) is 5.84. The molecule has 0 unspecified atom stereocenters. The normalized spacial score (nSPS) is 16.6. The molecule has 0 N–H and O–H groups in total. The average molecular weight is 279 g/mol. The number of nitrogens with zero attached hydrogens (tertiary/aromatic N) is 1. The van der Waals surface area contributed by atoms with Crippen LogP contribution in [0.3, 0.4) is 0 Å². The standard InChI is InChI=1S/C17H26FNO/c1-14(2)15-7-8-17(16(18)13-15)20-12-6-11-19-9-4-3-5-10-19/h7-8,13-14H,3-6,9-12H2,1-2H3. The molecule has 2 rings (SSSR count). The molecule has 3 heteroatoms. The summed E-state index contributed by atoms with van der Waals surface area (Å²) in [6, 6.07) is 5.30. The van der Waals surface area contributed by atoms with Crippen LogP contribution in [0.5, 0.6) is 5.75 Å². The predicted octanol–water partition coefficient (Wildman–Crippen LogP) is 4.20. The van der Waals surface area contributed by atoms with E-state index in [4.69, 9.17) is 4.74 Å². The maximum Gasteiger partial charge on any atom is 0.165 e. The van der Waals surface area contributed by atoms with Gasteiger partial charge in [-0.25, -0.2) is 4.39 Å². The lowest BCUT2D eigenvalue weighted by Crippen LogP contribution is -2.31. The summed E-state index contributed by atoms with van der Waals surface area (Å²) < 4.78 is 19.4. The van der Waals surface area contributed by atoms with E-state index >= 15 is 0 Å². The Morgan fingerprint density at radius 2 is 1.95 bits per heavy atom. The van der Waals surface area contributed by atoms with Crippen LogP contribution >= 0.6 is 0 Å². The zero-order chi connectivity index (χ0) is 14.4. The number of rotatable bonds is 6. The molecule has 2 nitrogen and oxygen atoms in total. The molecule has 0 spiro atoms. The van der Waals surface area contributed by atoms with Gasteiger partial charge in [0.05, 0.1) is 6.61 Å². The minimum Gasteiger partial charge on any atom is -0.490 e. The van der Waals surface area contributed by atoms with E-state index in [1.807, 2.05) is 6.07 Å². The predicted molar refractivity (Wildman–Crippen MR) is 80.9 cm³/mol. The van der Waals surface area contributed by atoms with Crippen molar-refractivity contribution in [3.05, 3.63) is 29.6 Å². The molecule has 0 saturated carbocycles. The third-order valence-corrected chi connectivity index (χ3v) is 3.95. The highest BCUT2D eigenvalue weighted by Gasteiger charge is 2.10. The highest BCUT2D eigenvalue weighted by atomic mass is 19.1. The van der Waals surface area contributed by atoms with Gasteiger partial charge in [-0.2, -0.15) is 0 Å². The third kappa shape index (κ3) is 4.48. The van der Waals surface area contributed by atoms with Crippen LogP contribution in [0.4, 0.5) is 4.39 Å². The van der Waals surface area contributed by atoms with Crippen LogP contribution in [0, 0.1) is 5.82 Å². The second kappa shape index (κ2) is 7.63. The molecule has 112 valence electrons. The van der Waals surface area contributed by atoms with Gasteiger partial charge in [-0.15, -0.1) is 0 Å². The molecule has 1 saturated heterocycles. The number of likely N-dealkylation sites (tertiary alicyclic amines) is 1. The van der Waals surface area contributed by atoms with Crippen molar-refractivity contribution in [1.29, 1.82) is 0 Å². The van der Waals surface area contributed by atoms with Crippen molar-refractivity contribution < 1.29 is 9.13 Å². The Bertz CT molecular complexity index is 413. The summed E-state index contributed by atoms with van der Waals surface area (Å²) in [6.45, 7) is 8.19. The van der Waals surface area contributed by atoms with Gasteiger partial charge in [-0.3, -0.25) is 0 Å².